The molecule has 13 rings (SSSR count). The van der Waals surface area contributed by atoms with Gasteiger partial charge in [0.05, 0.1) is 5.41 Å². The molecule has 0 fully saturated rings. The van der Waals surface area contributed by atoms with E-state index >= 15 is 0 Å². The Morgan fingerprint density at radius 3 is 1.87 bits per heavy atom. The molecule has 2 aromatic heterocycles. The molecule has 0 saturated carbocycles. The van der Waals surface area contributed by atoms with Crippen molar-refractivity contribution in [2.24, 2.45) is 0 Å². The molecular weight excluding hydrogens is 771 g/mol. The van der Waals surface area contributed by atoms with Gasteiger partial charge in [-0.25, -0.2) is 0 Å². The van der Waals surface area contributed by atoms with Crippen LogP contribution in [0.15, 0.2) is 229 Å². The molecule has 0 bridgehead atoms. The van der Waals surface area contributed by atoms with E-state index in [0.717, 1.165) is 55.5 Å². The minimum Gasteiger partial charge on any atom is -0.455 e. The van der Waals surface area contributed by atoms with Crippen LogP contribution >= 0.6 is 11.3 Å². The van der Waals surface area contributed by atoms with Crippen LogP contribution < -0.4 is 4.90 Å². The Hall–Kier alpha value is -7.72. The topological polar surface area (TPSA) is 16.4 Å². The predicted octanol–water partition coefficient (Wildman–Crippen LogP) is 16.6. The van der Waals surface area contributed by atoms with Gasteiger partial charge in [0.1, 0.15) is 11.2 Å². The third-order valence-electron chi connectivity index (χ3n) is 13.1. The van der Waals surface area contributed by atoms with Gasteiger partial charge < -0.3 is 9.32 Å². The van der Waals surface area contributed by atoms with Crippen molar-refractivity contribution < 1.29 is 4.42 Å². The first-order valence-electron chi connectivity index (χ1n) is 21.2. The van der Waals surface area contributed by atoms with Crippen molar-refractivity contribution in [2.75, 3.05) is 4.90 Å². The van der Waals surface area contributed by atoms with Gasteiger partial charge in [-0.15, -0.1) is 11.3 Å². The second-order valence-corrected chi connectivity index (χ2v) is 17.4. The quantitative estimate of drug-likeness (QED) is 0.166. The first-order chi connectivity index (χ1) is 30.7. The van der Waals surface area contributed by atoms with Gasteiger partial charge in [-0.2, -0.15) is 0 Å². The van der Waals surface area contributed by atoms with Gasteiger partial charge in [0.15, 0.2) is 0 Å². The van der Waals surface area contributed by atoms with Gasteiger partial charge in [-0.3, -0.25) is 0 Å². The summed E-state index contributed by atoms with van der Waals surface area (Å²) in [6, 6.07) is 82.4. The maximum atomic E-state index is 6.66. The molecule has 0 spiro atoms. The highest BCUT2D eigenvalue weighted by molar-refractivity contribution is 7.25. The summed E-state index contributed by atoms with van der Waals surface area (Å²) in [5.74, 6) is 0. The van der Waals surface area contributed by atoms with Gasteiger partial charge in [0.25, 0.3) is 0 Å². The molecule has 2 heterocycles. The van der Waals surface area contributed by atoms with Crippen molar-refractivity contribution in [3.63, 3.8) is 0 Å². The van der Waals surface area contributed by atoms with Crippen molar-refractivity contribution in [3.05, 3.63) is 247 Å². The van der Waals surface area contributed by atoms with Crippen LogP contribution in [0.2, 0.25) is 0 Å². The van der Waals surface area contributed by atoms with Crippen LogP contribution in [0.25, 0.3) is 75.1 Å². The van der Waals surface area contributed by atoms with Crippen molar-refractivity contribution in [1.82, 2.24) is 0 Å². The average Bonchev–Trinajstić information content (AvgIpc) is 4.01. The van der Waals surface area contributed by atoms with E-state index in [4.69, 9.17) is 4.42 Å². The molecule has 0 aliphatic heterocycles. The highest BCUT2D eigenvalue weighted by Crippen LogP contribution is 2.57. The highest BCUT2D eigenvalue weighted by Gasteiger charge is 2.46. The third-order valence-corrected chi connectivity index (χ3v) is 14.3. The van der Waals surface area contributed by atoms with E-state index in [1.165, 1.54) is 58.9 Å². The summed E-state index contributed by atoms with van der Waals surface area (Å²) in [6.45, 7) is 0. The summed E-state index contributed by atoms with van der Waals surface area (Å²) in [6.07, 6.45) is 0. The van der Waals surface area contributed by atoms with Gasteiger partial charge in [0, 0.05) is 53.4 Å². The maximum absolute atomic E-state index is 6.66. The Kier molecular flexibility index (Phi) is 7.72. The zero-order valence-electron chi connectivity index (χ0n) is 33.6. The SMILES string of the molecule is c1ccc(C2(c3ccccc3)c3ccccc3-c3ccc(N(c4cccc(-c5cccc6oc7c8ccccc8ccc7c56)c4)c4ccc5c(c4)sc4ccccc45)cc32)cc1. The van der Waals surface area contributed by atoms with Gasteiger partial charge in [-0.05, 0) is 104 Å². The molecule has 10 aromatic carbocycles. The lowest BCUT2D eigenvalue weighted by molar-refractivity contribution is 0.673. The Bertz CT molecular complexity index is 3670. The van der Waals surface area contributed by atoms with Crippen LogP contribution in [-0.2, 0) is 5.41 Å². The minimum atomic E-state index is -0.518. The summed E-state index contributed by atoms with van der Waals surface area (Å²) >= 11 is 1.86. The molecular formula is C59H37NOS. The molecule has 12 aromatic rings. The van der Waals surface area contributed by atoms with E-state index < -0.39 is 5.41 Å². The lowest BCUT2D eigenvalue weighted by Gasteiger charge is -2.35. The van der Waals surface area contributed by atoms with Crippen LogP contribution in [0.5, 0.6) is 0 Å². The standard InChI is InChI=1S/C59H37NOS/c1-3-17-40(18-4-1)59(41-19-5-2-6-20-41)52-26-11-9-23-47(52)48-33-30-43(36-53(48)59)60(44-31-34-50-49-24-10-12-28-55(49)62-56(50)37-44)42-21-13-16-39(35-42)45-25-14-27-54-57(45)51-32-29-38-15-7-8-22-46(38)58(51)61-54/h1-37H. The monoisotopic (exact) mass is 807 g/mol. The van der Waals surface area contributed by atoms with Gasteiger partial charge >= 0.3 is 0 Å². The van der Waals surface area contributed by atoms with Crippen molar-refractivity contribution >= 4 is 81.3 Å². The molecule has 0 amide bonds. The summed E-state index contributed by atoms with van der Waals surface area (Å²) < 4.78 is 9.23. The minimum absolute atomic E-state index is 0.518. The number of furan rings is 1. The van der Waals surface area contributed by atoms with Crippen molar-refractivity contribution in [3.8, 4) is 22.3 Å². The molecule has 3 heteroatoms. The number of nitrogens with zero attached hydrogens (tertiary/aromatic N) is 1. The first kappa shape index (κ1) is 35.1. The fraction of sp³-hybridized carbons (Fsp3) is 0.0169. The number of hydrogen-bond donors (Lipinski definition) is 0. The molecule has 0 N–H and O–H groups in total. The van der Waals surface area contributed by atoms with Crippen LogP contribution in [0.1, 0.15) is 22.3 Å². The van der Waals surface area contributed by atoms with E-state index in [2.05, 4.69) is 229 Å². The molecule has 0 unspecified atom stereocenters. The fourth-order valence-corrected chi connectivity index (χ4v) is 11.6. The largest absolute Gasteiger partial charge is 0.455 e. The molecule has 0 saturated heterocycles. The lowest BCUT2D eigenvalue weighted by atomic mass is 9.67. The second kappa shape index (κ2) is 13.7. The Labute approximate surface area is 363 Å². The smallest absolute Gasteiger partial charge is 0.143 e. The molecule has 1 aliphatic rings. The number of fused-ring (bicyclic) bond motifs is 11. The average molecular weight is 808 g/mol. The molecule has 0 atom stereocenters. The normalized spacial score (nSPS) is 13.0. The van der Waals surface area contributed by atoms with Crippen molar-refractivity contribution in [1.29, 1.82) is 0 Å². The molecule has 0 radical (unpaired) electrons. The second-order valence-electron chi connectivity index (χ2n) is 16.4. The van der Waals surface area contributed by atoms with Crippen LogP contribution in [0.3, 0.4) is 0 Å². The molecule has 290 valence electrons. The number of benzene rings is 10. The van der Waals surface area contributed by atoms with Gasteiger partial charge in [0.2, 0.25) is 0 Å². The Balaban J connectivity index is 1.06. The number of rotatable bonds is 6. The Morgan fingerprint density at radius 1 is 0.387 bits per heavy atom. The summed E-state index contributed by atoms with van der Waals surface area (Å²) in [5.41, 5.74) is 14.5. The van der Waals surface area contributed by atoms with Crippen LogP contribution in [0, 0.1) is 0 Å². The Morgan fingerprint density at radius 2 is 1.02 bits per heavy atom. The zero-order chi connectivity index (χ0) is 40.8. The van der Waals surface area contributed by atoms with E-state index in [-0.39, 0.29) is 0 Å². The lowest BCUT2D eigenvalue weighted by Crippen LogP contribution is -2.28. The van der Waals surface area contributed by atoms with E-state index in [1.54, 1.807) is 0 Å². The number of thiophene rings is 1. The summed E-state index contributed by atoms with van der Waals surface area (Å²) in [7, 11) is 0. The third kappa shape index (κ3) is 5.09. The van der Waals surface area contributed by atoms with E-state index in [9.17, 15) is 0 Å². The molecule has 2 nitrogen and oxygen atoms in total. The van der Waals surface area contributed by atoms with E-state index in [0.29, 0.717) is 0 Å². The van der Waals surface area contributed by atoms with Crippen molar-refractivity contribution in [2.45, 2.75) is 5.41 Å². The first-order valence-corrected chi connectivity index (χ1v) is 22.1. The predicted molar refractivity (Wildman–Crippen MR) is 262 cm³/mol. The number of anilines is 3. The summed E-state index contributed by atoms with van der Waals surface area (Å²) in [4.78, 5) is 2.46. The summed E-state index contributed by atoms with van der Waals surface area (Å²) in [5, 5.41) is 7.15. The van der Waals surface area contributed by atoms with Crippen LogP contribution in [0.4, 0.5) is 17.1 Å². The number of hydrogen-bond acceptors (Lipinski definition) is 3. The fourth-order valence-electron chi connectivity index (χ4n) is 10.5. The highest BCUT2D eigenvalue weighted by atomic mass is 32.1. The van der Waals surface area contributed by atoms with Crippen LogP contribution in [-0.4, -0.2) is 0 Å². The zero-order valence-corrected chi connectivity index (χ0v) is 34.4. The molecule has 62 heavy (non-hydrogen) atoms. The molecule has 1 aliphatic carbocycles. The van der Waals surface area contributed by atoms with Gasteiger partial charge in [-0.1, -0.05) is 170 Å². The van der Waals surface area contributed by atoms with E-state index in [1.807, 2.05) is 11.3 Å². The maximum Gasteiger partial charge on any atom is 0.143 e.